The van der Waals surface area contributed by atoms with Crippen molar-refractivity contribution in [2.45, 2.75) is 0 Å². The van der Waals surface area contributed by atoms with E-state index in [1.54, 1.807) is 12.1 Å². The standard InChI is InChI=1S/C11H7ClN4O4/c12-6-4-2-1-3-5(6)8(17)16-15-7-9(18)13-11(20)14-10(7)19/h1-4H,(H3,13,14,18,19,20). The zero-order valence-electron chi connectivity index (χ0n) is 9.75. The van der Waals surface area contributed by atoms with E-state index in [9.17, 15) is 19.5 Å². The molecule has 0 atom stereocenters. The van der Waals surface area contributed by atoms with Crippen LogP contribution in [0.15, 0.2) is 44.1 Å². The van der Waals surface area contributed by atoms with E-state index in [2.05, 4.69) is 10.2 Å². The SMILES string of the molecule is O=C(N=Nc1c(O)[nH]c(=O)[nH]c1=O)c1ccccc1Cl. The molecular weight excluding hydrogens is 288 g/mol. The molecule has 0 radical (unpaired) electrons. The van der Waals surface area contributed by atoms with Gasteiger partial charge in [-0.15, -0.1) is 10.2 Å². The van der Waals surface area contributed by atoms with E-state index in [-0.39, 0.29) is 10.6 Å². The fourth-order valence-corrected chi connectivity index (χ4v) is 1.56. The summed E-state index contributed by atoms with van der Waals surface area (Å²) in [5.74, 6) is -1.57. The van der Waals surface area contributed by atoms with Crippen molar-refractivity contribution >= 4 is 23.2 Å². The van der Waals surface area contributed by atoms with Gasteiger partial charge in [0.1, 0.15) is 0 Å². The van der Waals surface area contributed by atoms with Gasteiger partial charge in [0, 0.05) is 0 Å². The molecule has 8 nitrogen and oxygen atoms in total. The average Bonchev–Trinajstić information content (AvgIpc) is 2.37. The van der Waals surface area contributed by atoms with E-state index in [0.29, 0.717) is 0 Å². The maximum atomic E-state index is 11.7. The van der Waals surface area contributed by atoms with Gasteiger partial charge in [-0.25, -0.2) is 4.79 Å². The number of nitrogens with one attached hydrogen (secondary N) is 2. The number of hydrogen-bond donors (Lipinski definition) is 3. The number of carbonyl (C=O) groups excluding carboxylic acids is 1. The summed E-state index contributed by atoms with van der Waals surface area (Å²) >= 11 is 5.80. The highest BCUT2D eigenvalue weighted by Crippen LogP contribution is 2.19. The van der Waals surface area contributed by atoms with E-state index in [1.165, 1.54) is 12.1 Å². The molecule has 1 heterocycles. The van der Waals surface area contributed by atoms with E-state index < -0.39 is 28.7 Å². The quantitative estimate of drug-likeness (QED) is 0.722. The molecule has 0 saturated heterocycles. The lowest BCUT2D eigenvalue weighted by Gasteiger charge is -1.97. The summed E-state index contributed by atoms with van der Waals surface area (Å²) in [5, 5.41) is 16.1. The summed E-state index contributed by atoms with van der Waals surface area (Å²) < 4.78 is 0. The first-order chi connectivity index (χ1) is 9.49. The van der Waals surface area contributed by atoms with Crippen molar-refractivity contribution in [1.29, 1.82) is 0 Å². The molecule has 0 aliphatic rings. The Kier molecular flexibility index (Phi) is 3.76. The molecule has 0 unspecified atom stereocenters. The third kappa shape index (κ3) is 2.81. The third-order valence-electron chi connectivity index (χ3n) is 2.24. The van der Waals surface area contributed by atoms with Crippen LogP contribution in [-0.2, 0) is 0 Å². The van der Waals surface area contributed by atoms with E-state index in [1.807, 2.05) is 9.97 Å². The number of nitrogens with zero attached hydrogens (tertiary/aromatic N) is 2. The minimum Gasteiger partial charge on any atom is -0.493 e. The first kappa shape index (κ1) is 13.7. The van der Waals surface area contributed by atoms with Gasteiger partial charge in [0.25, 0.3) is 11.5 Å². The van der Waals surface area contributed by atoms with E-state index in [4.69, 9.17) is 11.6 Å². The normalized spacial score (nSPS) is 10.8. The van der Waals surface area contributed by atoms with Crippen LogP contribution >= 0.6 is 11.6 Å². The number of amides is 1. The number of H-pyrrole nitrogens is 2. The van der Waals surface area contributed by atoms with Gasteiger partial charge in [0.05, 0.1) is 10.6 Å². The molecule has 1 aromatic heterocycles. The number of aromatic nitrogens is 2. The second kappa shape index (κ2) is 5.49. The Balaban J connectivity index is 2.36. The second-order valence-corrected chi connectivity index (χ2v) is 4.00. The van der Waals surface area contributed by atoms with Crippen LogP contribution < -0.4 is 11.2 Å². The molecule has 0 aliphatic carbocycles. The Hall–Kier alpha value is -2.74. The Morgan fingerprint density at radius 3 is 2.55 bits per heavy atom. The van der Waals surface area contributed by atoms with Crippen LogP contribution in [0.5, 0.6) is 5.88 Å². The van der Waals surface area contributed by atoms with Crippen molar-refractivity contribution in [3.05, 3.63) is 55.7 Å². The van der Waals surface area contributed by atoms with Gasteiger partial charge in [-0.1, -0.05) is 23.7 Å². The molecule has 102 valence electrons. The maximum absolute atomic E-state index is 11.7. The topological polar surface area (TPSA) is 128 Å². The zero-order valence-corrected chi connectivity index (χ0v) is 10.5. The predicted octanol–water partition coefficient (Wildman–Crippen LogP) is 1.35. The molecule has 20 heavy (non-hydrogen) atoms. The number of benzene rings is 1. The summed E-state index contributed by atoms with van der Waals surface area (Å²) in [7, 11) is 0. The van der Waals surface area contributed by atoms with Crippen molar-refractivity contribution in [1.82, 2.24) is 9.97 Å². The van der Waals surface area contributed by atoms with Crippen LogP contribution in [0.2, 0.25) is 5.02 Å². The number of hydrogen-bond acceptors (Lipinski definition) is 5. The highest BCUT2D eigenvalue weighted by Gasteiger charge is 2.11. The average molecular weight is 295 g/mol. The van der Waals surface area contributed by atoms with Crippen molar-refractivity contribution in [2.24, 2.45) is 10.2 Å². The van der Waals surface area contributed by atoms with Crippen LogP contribution in [0.4, 0.5) is 5.69 Å². The highest BCUT2D eigenvalue weighted by molar-refractivity contribution is 6.33. The fraction of sp³-hybridized carbons (Fsp3) is 0. The molecule has 0 bridgehead atoms. The Morgan fingerprint density at radius 1 is 1.20 bits per heavy atom. The molecule has 2 aromatic rings. The van der Waals surface area contributed by atoms with Crippen molar-refractivity contribution < 1.29 is 9.90 Å². The smallest absolute Gasteiger partial charge is 0.328 e. The van der Waals surface area contributed by atoms with Gasteiger partial charge >= 0.3 is 5.69 Å². The first-order valence-corrected chi connectivity index (χ1v) is 5.63. The molecule has 1 amide bonds. The molecule has 9 heteroatoms. The summed E-state index contributed by atoms with van der Waals surface area (Å²) in [4.78, 5) is 37.7. The number of halogens is 1. The largest absolute Gasteiger partial charge is 0.493 e. The fourth-order valence-electron chi connectivity index (χ4n) is 1.34. The van der Waals surface area contributed by atoms with Gasteiger partial charge in [-0.3, -0.25) is 19.6 Å². The summed E-state index contributed by atoms with van der Waals surface area (Å²) in [5.41, 5.74) is -2.35. The van der Waals surface area contributed by atoms with Crippen LogP contribution in [-0.4, -0.2) is 21.0 Å². The predicted molar refractivity (Wildman–Crippen MR) is 69.6 cm³/mol. The Labute approximate surface area is 115 Å². The number of azo groups is 1. The van der Waals surface area contributed by atoms with Crippen molar-refractivity contribution in [3.63, 3.8) is 0 Å². The monoisotopic (exact) mass is 294 g/mol. The number of rotatable bonds is 2. The molecule has 0 spiro atoms. The van der Waals surface area contributed by atoms with Gasteiger partial charge in [-0.2, -0.15) is 0 Å². The number of carbonyl (C=O) groups is 1. The minimum absolute atomic E-state index is 0.0956. The minimum atomic E-state index is -0.970. The first-order valence-electron chi connectivity index (χ1n) is 5.25. The summed E-state index contributed by atoms with van der Waals surface area (Å²) in [6, 6.07) is 6.14. The van der Waals surface area contributed by atoms with E-state index in [0.717, 1.165) is 0 Å². The molecule has 0 fully saturated rings. The summed E-state index contributed by atoms with van der Waals surface area (Å²) in [6.45, 7) is 0. The molecule has 0 saturated carbocycles. The highest BCUT2D eigenvalue weighted by atomic mass is 35.5. The molecular formula is C11H7ClN4O4. The maximum Gasteiger partial charge on any atom is 0.328 e. The van der Waals surface area contributed by atoms with Crippen LogP contribution in [0, 0.1) is 0 Å². The van der Waals surface area contributed by atoms with Crippen LogP contribution in [0.3, 0.4) is 0 Å². The molecule has 3 N–H and O–H groups in total. The lowest BCUT2D eigenvalue weighted by Crippen LogP contribution is -2.21. The van der Waals surface area contributed by atoms with Crippen LogP contribution in [0.1, 0.15) is 10.4 Å². The van der Waals surface area contributed by atoms with Crippen molar-refractivity contribution in [3.8, 4) is 5.88 Å². The molecule has 1 aromatic carbocycles. The third-order valence-corrected chi connectivity index (χ3v) is 2.57. The van der Waals surface area contributed by atoms with Gasteiger partial charge < -0.3 is 5.11 Å². The van der Waals surface area contributed by atoms with Crippen LogP contribution in [0.25, 0.3) is 0 Å². The summed E-state index contributed by atoms with van der Waals surface area (Å²) in [6.07, 6.45) is 0. The number of aromatic hydroxyl groups is 1. The Morgan fingerprint density at radius 2 is 1.90 bits per heavy atom. The Bertz CT molecular complexity index is 809. The zero-order chi connectivity index (χ0) is 14.7. The van der Waals surface area contributed by atoms with Gasteiger partial charge in [-0.05, 0) is 12.1 Å². The lowest BCUT2D eigenvalue weighted by molar-refractivity contribution is 0.0995. The van der Waals surface area contributed by atoms with Gasteiger partial charge in [0.15, 0.2) is 0 Å². The lowest BCUT2D eigenvalue weighted by atomic mass is 10.2. The molecule has 0 aliphatic heterocycles. The molecule has 2 rings (SSSR count). The van der Waals surface area contributed by atoms with Crippen molar-refractivity contribution in [2.75, 3.05) is 0 Å². The van der Waals surface area contributed by atoms with E-state index >= 15 is 0 Å². The number of aromatic amines is 2. The second-order valence-electron chi connectivity index (χ2n) is 3.59. The van der Waals surface area contributed by atoms with Gasteiger partial charge in [0.2, 0.25) is 11.6 Å².